The number of carboxylic acids is 1. The second-order valence-corrected chi connectivity index (χ2v) is 5.97. The third-order valence-electron chi connectivity index (χ3n) is 2.35. The number of nitrogens with one attached hydrogen (secondary N) is 1. The van der Waals surface area contributed by atoms with Crippen LogP contribution in [0.4, 0.5) is 0 Å². The molecule has 1 amide bonds. The predicted molar refractivity (Wildman–Crippen MR) is 71.3 cm³/mol. The average molecular weight is 261 g/mol. The quantitative estimate of drug-likeness (QED) is 0.625. The van der Waals surface area contributed by atoms with Crippen LogP contribution in [0.25, 0.3) is 0 Å². The monoisotopic (exact) mass is 261 g/mol. The van der Waals surface area contributed by atoms with E-state index in [4.69, 9.17) is 5.11 Å². The van der Waals surface area contributed by atoms with Gasteiger partial charge in [-0.2, -0.15) is 0 Å². The first-order valence-electron chi connectivity index (χ1n) is 6.12. The first-order valence-corrected chi connectivity index (χ1v) is 7.06. The molecule has 100 valence electrons. The van der Waals surface area contributed by atoms with Gasteiger partial charge in [-0.15, -0.1) is 11.8 Å². The lowest BCUT2D eigenvalue weighted by atomic mass is 10.2. The van der Waals surface area contributed by atoms with Crippen molar-refractivity contribution < 1.29 is 14.7 Å². The van der Waals surface area contributed by atoms with E-state index in [1.807, 2.05) is 13.8 Å². The topological polar surface area (TPSA) is 66.4 Å². The van der Waals surface area contributed by atoms with Crippen molar-refractivity contribution in [2.24, 2.45) is 0 Å². The average Bonchev–Trinajstić information content (AvgIpc) is 2.22. The van der Waals surface area contributed by atoms with E-state index in [1.165, 1.54) is 11.8 Å². The van der Waals surface area contributed by atoms with Gasteiger partial charge in [0.2, 0.25) is 5.91 Å². The molecule has 0 aliphatic heterocycles. The molecule has 2 N–H and O–H groups in total. The fraction of sp³-hybridized carbons (Fsp3) is 0.833. The molecule has 0 spiro atoms. The van der Waals surface area contributed by atoms with Crippen molar-refractivity contribution in [2.75, 3.05) is 6.54 Å². The van der Waals surface area contributed by atoms with E-state index in [9.17, 15) is 9.59 Å². The molecule has 0 fully saturated rings. The Labute approximate surface area is 108 Å². The van der Waals surface area contributed by atoms with Crippen molar-refractivity contribution in [3.05, 3.63) is 0 Å². The predicted octanol–water partition coefficient (Wildman–Crippen LogP) is 2.28. The van der Waals surface area contributed by atoms with Crippen LogP contribution in [0.1, 0.15) is 46.5 Å². The van der Waals surface area contributed by atoms with Crippen LogP contribution < -0.4 is 5.32 Å². The Kier molecular flexibility index (Phi) is 8.94. The van der Waals surface area contributed by atoms with Gasteiger partial charge >= 0.3 is 5.97 Å². The van der Waals surface area contributed by atoms with Gasteiger partial charge in [0.05, 0.1) is 11.7 Å². The summed E-state index contributed by atoms with van der Waals surface area (Å²) in [6.45, 7) is 6.48. The largest absolute Gasteiger partial charge is 0.481 e. The number of hydrogen-bond donors (Lipinski definition) is 2. The normalized spacial score (nSPS) is 14.1. The van der Waals surface area contributed by atoms with Crippen molar-refractivity contribution >= 4 is 23.6 Å². The van der Waals surface area contributed by atoms with E-state index in [-0.39, 0.29) is 22.8 Å². The zero-order valence-corrected chi connectivity index (χ0v) is 11.7. The summed E-state index contributed by atoms with van der Waals surface area (Å²) in [7, 11) is 0. The number of thioether (sulfide) groups is 1. The molecule has 4 nitrogen and oxygen atoms in total. The maximum Gasteiger partial charge on any atom is 0.304 e. The summed E-state index contributed by atoms with van der Waals surface area (Å²) in [6.07, 6.45) is 3.36. The summed E-state index contributed by atoms with van der Waals surface area (Å²) >= 11 is 1.41. The van der Waals surface area contributed by atoms with Crippen molar-refractivity contribution in [1.82, 2.24) is 5.32 Å². The highest BCUT2D eigenvalue weighted by Crippen LogP contribution is 2.20. The van der Waals surface area contributed by atoms with E-state index in [1.54, 1.807) is 0 Å². The molecular weight excluding hydrogens is 238 g/mol. The van der Waals surface area contributed by atoms with Crippen LogP contribution in [-0.4, -0.2) is 34.0 Å². The molecule has 5 heteroatoms. The highest BCUT2D eigenvalue weighted by molar-refractivity contribution is 8.01. The summed E-state index contributed by atoms with van der Waals surface area (Å²) in [5.41, 5.74) is 0. The number of carbonyl (C=O) groups excluding carboxylic acids is 1. The van der Waals surface area contributed by atoms with E-state index in [0.717, 1.165) is 19.3 Å². The lowest BCUT2D eigenvalue weighted by Gasteiger charge is -2.15. The van der Waals surface area contributed by atoms with Gasteiger partial charge in [0.15, 0.2) is 0 Å². The fourth-order valence-electron chi connectivity index (χ4n) is 1.43. The van der Waals surface area contributed by atoms with Crippen LogP contribution >= 0.6 is 11.8 Å². The molecule has 0 radical (unpaired) electrons. The molecule has 0 saturated heterocycles. The maximum absolute atomic E-state index is 11.6. The van der Waals surface area contributed by atoms with Crippen molar-refractivity contribution in [2.45, 2.75) is 57.0 Å². The Balaban J connectivity index is 3.76. The highest BCUT2D eigenvalue weighted by atomic mass is 32.2. The second-order valence-electron chi connectivity index (χ2n) is 4.18. The van der Waals surface area contributed by atoms with Gasteiger partial charge in [-0.25, -0.2) is 0 Å². The van der Waals surface area contributed by atoms with Gasteiger partial charge in [-0.1, -0.05) is 26.7 Å². The van der Waals surface area contributed by atoms with E-state index >= 15 is 0 Å². The Morgan fingerprint density at radius 3 is 2.47 bits per heavy atom. The fourth-order valence-corrected chi connectivity index (χ4v) is 2.58. The standard InChI is InChI=1S/C12H23NO3S/c1-4-5-6-7-13-12(16)10(3)17-9(2)8-11(14)15/h9-10H,4-8H2,1-3H3,(H,13,16)(H,14,15). The number of aliphatic carboxylic acids is 1. The zero-order chi connectivity index (χ0) is 13.3. The summed E-state index contributed by atoms with van der Waals surface area (Å²) in [6, 6.07) is 0. The first kappa shape index (κ1) is 16.3. The maximum atomic E-state index is 11.6. The van der Waals surface area contributed by atoms with Gasteiger partial charge in [0, 0.05) is 11.8 Å². The van der Waals surface area contributed by atoms with Gasteiger partial charge in [-0.05, 0) is 13.3 Å². The number of hydrogen-bond acceptors (Lipinski definition) is 3. The van der Waals surface area contributed by atoms with E-state index in [2.05, 4.69) is 12.2 Å². The number of amides is 1. The molecule has 0 aromatic carbocycles. The van der Waals surface area contributed by atoms with Crippen LogP contribution in [0.15, 0.2) is 0 Å². The minimum atomic E-state index is -0.819. The summed E-state index contributed by atoms with van der Waals surface area (Å²) in [5.74, 6) is -0.816. The van der Waals surface area contributed by atoms with E-state index < -0.39 is 5.97 Å². The zero-order valence-electron chi connectivity index (χ0n) is 10.9. The lowest BCUT2D eigenvalue weighted by molar-refractivity contribution is -0.136. The summed E-state index contributed by atoms with van der Waals surface area (Å²) < 4.78 is 0. The number of carboxylic acid groups (broad SMARTS) is 1. The molecule has 0 aromatic rings. The Hall–Kier alpha value is -0.710. The van der Waals surface area contributed by atoms with Gasteiger partial charge in [-0.3, -0.25) is 9.59 Å². The smallest absolute Gasteiger partial charge is 0.304 e. The molecular formula is C12H23NO3S. The molecule has 0 bridgehead atoms. The lowest BCUT2D eigenvalue weighted by Crippen LogP contribution is -2.32. The molecule has 17 heavy (non-hydrogen) atoms. The number of carbonyl (C=O) groups is 2. The van der Waals surface area contributed by atoms with Gasteiger partial charge in [0.25, 0.3) is 0 Å². The molecule has 0 aliphatic rings. The van der Waals surface area contributed by atoms with Crippen LogP contribution in [-0.2, 0) is 9.59 Å². The third-order valence-corrected chi connectivity index (χ3v) is 3.60. The Bertz CT molecular complexity index is 246. The molecule has 0 saturated carbocycles. The molecule has 0 aromatic heterocycles. The molecule has 0 rings (SSSR count). The number of rotatable bonds is 9. The number of unbranched alkanes of at least 4 members (excludes halogenated alkanes) is 2. The van der Waals surface area contributed by atoms with Crippen molar-refractivity contribution in [1.29, 1.82) is 0 Å². The van der Waals surface area contributed by atoms with Gasteiger partial charge < -0.3 is 10.4 Å². The molecule has 0 heterocycles. The van der Waals surface area contributed by atoms with Crippen LogP contribution in [0.5, 0.6) is 0 Å². The summed E-state index contributed by atoms with van der Waals surface area (Å²) in [4.78, 5) is 22.1. The molecule has 0 aliphatic carbocycles. The first-order chi connectivity index (χ1) is 7.97. The minimum absolute atomic E-state index is 0.00309. The Morgan fingerprint density at radius 2 is 1.94 bits per heavy atom. The van der Waals surface area contributed by atoms with Crippen molar-refractivity contribution in [3.8, 4) is 0 Å². The summed E-state index contributed by atoms with van der Waals surface area (Å²) in [5, 5.41) is 11.3. The third kappa shape index (κ3) is 9.03. The van der Waals surface area contributed by atoms with Gasteiger partial charge in [0.1, 0.15) is 0 Å². The van der Waals surface area contributed by atoms with Crippen LogP contribution in [0.3, 0.4) is 0 Å². The molecule has 2 unspecified atom stereocenters. The van der Waals surface area contributed by atoms with Crippen LogP contribution in [0, 0.1) is 0 Å². The van der Waals surface area contributed by atoms with Crippen molar-refractivity contribution in [3.63, 3.8) is 0 Å². The second kappa shape index (κ2) is 9.33. The minimum Gasteiger partial charge on any atom is -0.481 e. The van der Waals surface area contributed by atoms with E-state index in [0.29, 0.717) is 6.54 Å². The SMILES string of the molecule is CCCCCNC(=O)C(C)SC(C)CC(=O)O. The van der Waals surface area contributed by atoms with Crippen LogP contribution in [0.2, 0.25) is 0 Å². The Morgan fingerprint density at radius 1 is 1.29 bits per heavy atom. The molecule has 2 atom stereocenters. The highest BCUT2D eigenvalue weighted by Gasteiger charge is 2.17.